The van der Waals surface area contributed by atoms with Crippen LogP contribution in [0.25, 0.3) is 0 Å². The Balaban J connectivity index is 1.23. The van der Waals surface area contributed by atoms with Gasteiger partial charge in [-0.15, -0.1) is 0 Å². The van der Waals surface area contributed by atoms with Gasteiger partial charge >= 0.3 is 6.03 Å². The van der Waals surface area contributed by atoms with Crippen LogP contribution in [0.15, 0.2) is 48.5 Å². The number of carbonyl (C=O) groups is 2. The number of anilines is 3. The second-order valence-electron chi connectivity index (χ2n) is 8.44. The van der Waals surface area contributed by atoms with Gasteiger partial charge in [0.15, 0.2) is 0 Å². The van der Waals surface area contributed by atoms with E-state index >= 15 is 0 Å². The Morgan fingerprint density at radius 2 is 1.56 bits per heavy atom. The molecule has 1 aliphatic heterocycles. The third-order valence-electron chi connectivity index (χ3n) is 6.03. The van der Waals surface area contributed by atoms with Crippen molar-refractivity contribution in [3.8, 4) is 5.75 Å². The van der Waals surface area contributed by atoms with Gasteiger partial charge in [-0.25, -0.2) is 4.79 Å². The van der Waals surface area contributed by atoms with Gasteiger partial charge in [0.2, 0.25) is 0 Å². The molecule has 3 N–H and O–H groups in total. The van der Waals surface area contributed by atoms with Crippen LogP contribution in [0.3, 0.4) is 0 Å². The Kier molecular flexibility index (Phi) is 6.99. The molecule has 0 aromatic heterocycles. The predicted molar refractivity (Wildman–Crippen MR) is 122 cm³/mol. The van der Waals surface area contributed by atoms with Gasteiger partial charge < -0.3 is 35.5 Å². The molecule has 2 fully saturated rings. The third kappa shape index (κ3) is 6.06. The second-order valence-corrected chi connectivity index (χ2v) is 8.44. The van der Waals surface area contributed by atoms with Gasteiger partial charge in [-0.1, -0.05) is 0 Å². The van der Waals surface area contributed by atoms with Crippen LogP contribution in [0.5, 0.6) is 5.75 Å². The van der Waals surface area contributed by atoms with E-state index in [1.165, 1.54) is 12.8 Å². The van der Waals surface area contributed by atoms with Crippen LogP contribution in [0.1, 0.15) is 32.1 Å². The zero-order chi connectivity index (χ0) is 22.3. The Bertz CT molecular complexity index is 911. The van der Waals surface area contributed by atoms with Crippen molar-refractivity contribution in [1.82, 2.24) is 5.32 Å². The minimum absolute atomic E-state index is 0.270. The zero-order valence-corrected chi connectivity index (χ0v) is 18.0. The lowest BCUT2D eigenvalue weighted by Crippen LogP contribution is -2.39. The predicted octanol–water partition coefficient (Wildman–Crippen LogP) is 3.41. The summed E-state index contributed by atoms with van der Waals surface area (Å²) in [5, 5.41) is 18.6. The molecule has 4 rings (SSSR count). The summed E-state index contributed by atoms with van der Waals surface area (Å²) in [4.78, 5) is 25.1. The Morgan fingerprint density at radius 1 is 0.938 bits per heavy atom. The molecule has 170 valence electrons. The Hall–Kier alpha value is -3.42. The molecular weight excluding hydrogens is 408 g/mol. The average Bonchev–Trinajstić information content (AvgIpc) is 3.46. The number of benzene rings is 2. The van der Waals surface area contributed by atoms with Crippen molar-refractivity contribution in [3.05, 3.63) is 48.5 Å². The number of nitrogens with zero attached hydrogens (tertiary/aromatic N) is 1. The minimum Gasteiger partial charge on any atom is -0.530 e. The van der Waals surface area contributed by atoms with Gasteiger partial charge in [0.25, 0.3) is 0 Å². The minimum atomic E-state index is -1.23. The summed E-state index contributed by atoms with van der Waals surface area (Å²) >= 11 is 0. The molecule has 1 aliphatic carbocycles. The molecule has 1 saturated heterocycles. The fraction of sp³-hybridized carbons (Fsp3) is 0.417. The molecule has 8 nitrogen and oxygen atoms in total. The highest BCUT2D eigenvalue weighted by molar-refractivity contribution is 5.99. The number of nitrogens with one attached hydrogen (secondary N) is 3. The summed E-state index contributed by atoms with van der Waals surface area (Å²) < 4.78 is 5.95. The molecule has 1 saturated carbocycles. The first-order chi connectivity index (χ1) is 15.5. The van der Waals surface area contributed by atoms with Crippen molar-refractivity contribution < 1.29 is 19.4 Å². The van der Waals surface area contributed by atoms with Crippen LogP contribution in [0, 0.1) is 5.92 Å². The zero-order valence-electron chi connectivity index (χ0n) is 18.0. The summed E-state index contributed by atoms with van der Waals surface area (Å²) in [5.41, 5.74) is 2.44. The summed E-state index contributed by atoms with van der Waals surface area (Å²) in [6.07, 6.45) is 4.68. The molecule has 0 bridgehead atoms. The first-order valence-electron chi connectivity index (χ1n) is 11.2. The van der Waals surface area contributed by atoms with Crippen molar-refractivity contribution in [2.75, 3.05) is 35.2 Å². The Labute approximate surface area is 187 Å². The molecule has 8 heteroatoms. The molecule has 1 heterocycles. The lowest BCUT2D eigenvalue weighted by molar-refractivity contribution is -0.250. The molecule has 2 aromatic rings. The van der Waals surface area contributed by atoms with Crippen molar-refractivity contribution in [2.45, 2.75) is 38.2 Å². The summed E-state index contributed by atoms with van der Waals surface area (Å²) in [6, 6.07) is 14.8. The maximum absolute atomic E-state index is 12.3. The van der Waals surface area contributed by atoms with E-state index in [1.54, 1.807) is 0 Å². The maximum atomic E-state index is 12.3. The van der Waals surface area contributed by atoms with Crippen LogP contribution in [0.2, 0.25) is 0 Å². The van der Waals surface area contributed by atoms with Gasteiger partial charge in [-0.2, -0.15) is 0 Å². The number of hydrogen-bond donors (Lipinski definition) is 3. The summed E-state index contributed by atoms with van der Waals surface area (Å²) in [7, 11) is 0. The molecule has 3 amide bonds. The fourth-order valence-corrected chi connectivity index (χ4v) is 4.33. The van der Waals surface area contributed by atoms with E-state index in [4.69, 9.17) is 4.74 Å². The van der Waals surface area contributed by atoms with Gasteiger partial charge in [0.05, 0.1) is 6.10 Å². The number of amides is 3. The van der Waals surface area contributed by atoms with Crippen molar-refractivity contribution >= 4 is 29.2 Å². The van der Waals surface area contributed by atoms with E-state index in [0.717, 1.165) is 43.8 Å². The number of hydrogen-bond acceptors (Lipinski definition) is 5. The number of urea groups is 1. The standard InChI is InChI=1S/C24H30N4O4/c29-23(27-19-7-11-22(12-8-19)32-21-3-1-2-4-21)26-18-5-9-20(10-6-18)28-14-13-17(16-28)15-25-24(30)31/h5-12,17,21,25H,1-4,13-16H2,(H,30,31)(H2,26,27,29)/p-1. The van der Waals surface area contributed by atoms with Crippen LogP contribution >= 0.6 is 0 Å². The SMILES string of the molecule is O=C([O-])NCC1CCN(c2ccc(NC(=O)Nc3ccc(OC4CCCC4)cc3)cc2)C1. The van der Waals surface area contributed by atoms with Crippen LogP contribution in [-0.2, 0) is 0 Å². The quantitative estimate of drug-likeness (QED) is 0.616. The summed E-state index contributed by atoms with van der Waals surface area (Å²) in [6.45, 7) is 2.06. The maximum Gasteiger partial charge on any atom is 0.323 e. The normalized spacial score (nSPS) is 18.4. The number of carboxylic acid groups (broad SMARTS) is 1. The van der Waals surface area contributed by atoms with E-state index in [9.17, 15) is 14.7 Å². The van der Waals surface area contributed by atoms with Crippen LogP contribution in [-0.4, -0.2) is 37.9 Å². The smallest absolute Gasteiger partial charge is 0.323 e. The molecule has 2 aromatic carbocycles. The first kappa shape index (κ1) is 21.8. The van der Waals surface area contributed by atoms with Crippen molar-refractivity contribution in [2.24, 2.45) is 5.92 Å². The van der Waals surface area contributed by atoms with Crippen molar-refractivity contribution in [3.63, 3.8) is 0 Å². The fourth-order valence-electron chi connectivity index (χ4n) is 4.33. The number of ether oxygens (including phenoxy) is 1. The average molecular weight is 438 g/mol. The molecule has 2 aliphatic rings. The molecule has 1 unspecified atom stereocenters. The number of rotatable bonds is 7. The highest BCUT2D eigenvalue weighted by atomic mass is 16.5. The van der Waals surface area contributed by atoms with Crippen molar-refractivity contribution in [1.29, 1.82) is 0 Å². The topological polar surface area (TPSA) is 106 Å². The molecule has 0 radical (unpaired) electrons. The van der Waals surface area contributed by atoms with E-state index in [0.29, 0.717) is 24.0 Å². The highest BCUT2D eigenvalue weighted by Gasteiger charge is 2.22. The van der Waals surface area contributed by atoms with Gasteiger partial charge in [-0.3, -0.25) is 0 Å². The molecular formula is C24H29N4O4-. The van der Waals surface area contributed by atoms with Crippen LogP contribution in [0.4, 0.5) is 26.7 Å². The second kappa shape index (κ2) is 10.3. The summed E-state index contributed by atoms with van der Waals surface area (Å²) in [5.74, 6) is 1.10. The van der Waals surface area contributed by atoms with Gasteiger partial charge in [0, 0.05) is 36.7 Å². The van der Waals surface area contributed by atoms with Gasteiger partial charge in [-0.05, 0) is 86.6 Å². The Morgan fingerprint density at radius 3 is 2.19 bits per heavy atom. The van der Waals surface area contributed by atoms with Gasteiger partial charge in [0.1, 0.15) is 11.8 Å². The molecule has 32 heavy (non-hydrogen) atoms. The van der Waals surface area contributed by atoms with E-state index in [1.807, 2.05) is 48.5 Å². The van der Waals surface area contributed by atoms with E-state index in [2.05, 4.69) is 20.9 Å². The lowest BCUT2D eigenvalue weighted by Gasteiger charge is -2.19. The monoisotopic (exact) mass is 437 g/mol. The number of carbonyl (C=O) groups excluding carboxylic acids is 2. The highest BCUT2D eigenvalue weighted by Crippen LogP contribution is 2.26. The largest absolute Gasteiger partial charge is 0.530 e. The lowest BCUT2D eigenvalue weighted by atomic mass is 10.1. The van der Waals surface area contributed by atoms with E-state index in [-0.39, 0.29) is 11.9 Å². The first-order valence-corrected chi connectivity index (χ1v) is 11.2. The van der Waals surface area contributed by atoms with E-state index < -0.39 is 6.09 Å². The molecule has 0 spiro atoms. The van der Waals surface area contributed by atoms with Crippen LogP contribution < -0.4 is 30.7 Å². The molecule has 1 atom stereocenters. The third-order valence-corrected chi connectivity index (χ3v) is 6.03.